The number of rotatable bonds is 3. The van der Waals surface area contributed by atoms with Crippen molar-refractivity contribution in [3.05, 3.63) is 35.6 Å². The van der Waals surface area contributed by atoms with Crippen molar-refractivity contribution >= 4 is 11.0 Å². The smallest absolute Gasteiger partial charge is 0.137 e. The van der Waals surface area contributed by atoms with E-state index in [1.54, 1.807) is 0 Å². The molecule has 1 aromatic carbocycles. The molecule has 4 rings (SSSR count). The average Bonchev–Trinajstić information content (AvgIpc) is 3.14. The SMILES string of the molecule is Cc1cccc2cc(C(NN)C3CC4CCC3O4)oc12. The number of hydrazine groups is 1. The van der Waals surface area contributed by atoms with E-state index in [0.29, 0.717) is 18.1 Å². The fourth-order valence-corrected chi connectivity index (χ4v) is 3.83. The summed E-state index contributed by atoms with van der Waals surface area (Å²) in [5, 5.41) is 1.14. The minimum atomic E-state index is 0.0390. The molecule has 4 atom stereocenters. The van der Waals surface area contributed by atoms with Gasteiger partial charge >= 0.3 is 0 Å². The molecular formula is C16H20N2O2. The quantitative estimate of drug-likeness (QED) is 0.666. The van der Waals surface area contributed by atoms with Gasteiger partial charge in [-0.15, -0.1) is 0 Å². The molecule has 0 saturated carbocycles. The normalized spacial score (nSPS) is 30.2. The summed E-state index contributed by atoms with van der Waals surface area (Å²) in [6, 6.07) is 8.36. The molecule has 106 valence electrons. The van der Waals surface area contributed by atoms with Crippen LogP contribution in [0.4, 0.5) is 0 Å². The molecule has 2 aliphatic rings. The van der Waals surface area contributed by atoms with Crippen LogP contribution < -0.4 is 11.3 Å². The van der Waals surface area contributed by atoms with Crippen molar-refractivity contribution in [3.63, 3.8) is 0 Å². The van der Waals surface area contributed by atoms with Crippen LogP contribution in [0.5, 0.6) is 0 Å². The summed E-state index contributed by atoms with van der Waals surface area (Å²) < 4.78 is 12.0. The Kier molecular flexibility index (Phi) is 2.84. The first-order chi connectivity index (χ1) is 9.76. The third-order valence-electron chi connectivity index (χ3n) is 4.83. The maximum atomic E-state index is 6.07. The van der Waals surface area contributed by atoms with Crippen LogP contribution in [-0.4, -0.2) is 12.2 Å². The predicted octanol–water partition coefficient (Wildman–Crippen LogP) is 2.81. The Hall–Kier alpha value is -1.36. The molecule has 4 heteroatoms. The van der Waals surface area contributed by atoms with E-state index < -0.39 is 0 Å². The summed E-state index contributed by atoms with van der Waals surface area (Å²) in [5.41, 5.74) is 5.08. The summed E-state index contributed by atoms with van der Waals surface area (Å²) in [7, 11) is 0. The number of fused-ring (bicyclic) bond motifs is 3. The molecule has 20 heavy (non-hydrogen) atoms. The molecule has 4 unspecified atom stereocenters. The lowest BCUT2D eigenvalue weighted by Crippen LogP contribution is -2.37. The molecule has 3 N–H and O–H groups in total. The zero-order valence-electron chi connectivity index (χ0n) is 11.6. The fraction of sp³-hybridized carbons (Fsp3) is 0.500. The van der Waals surface area contributed by atoms with E-state index in [2.05, 4.69) is 36.6 Å². The van der Waals surface area contributed by atoms with Gasteiger partial charge in [0.05, 0.1) is 18.2 Å². The van der Waals surface area contributed by atoms with Crippen molar-refractivity contribution in [2.45, 2.75) is 44.4 Å². The van der Waals surface area contributed by atoms with Crippen molar-refractivity contribution in [2.24, 2.45) is 11.8 Å². The second-order valence-corrected chi connectivity index (χ2v) is 6.06. The van der Waals surface area contributed by atoms with E-state index in [4.69, 9.17) is 15.0 Å². The number of nitrogens with two attached hydrogens (primary N) is 1. The largest absolute Gasteiger partial charge is 0.459 e. The Morgan fingerprint density at radius 3 is 2.90 bits per heavy atom. The van der Waals surface area contributed by atoms with E-state index >= 15 is 0 Å². The highest BCUT2D eigenvalue weighted by Gasteiger charge is 2.45. The van der Waals surface area contributed by atoms with Gasteiger partial charge in [0.15, 0.2) is 0 Å². The highest BCUT2D eigenvalue weighted by molar-refractivity contribution is 5.81. The molecule has 4 nitrogen and oxygen atoms in total. The van der Waals surface area contributed by atoms with Crippen LogP contribution in [0, 0.1) is 12.8 Å². The molecule has 2 fully saturated rings. The number of hydrogen-bond acceptors (Lipinski definition) is 4. The van der Waals surface area contributed by atoms with Gasteiger partial charge in [-0.05, 0) is 37.8 Å². The Labute approximate surface area is 118 Å². The maximum Gasteiger partial charge on any atom is 0.137 e. The summed E-state index contributed by atoms with van der Waals surface area (Å²) in [5.74, 6) is 7.16. The zero-order valence-corrected chi connectivity index (χ0v) is 11.6. The van der Waals surface area contributed by atoms with Crippen LogP contribution in [0.25, 0.3) is 11.0 Å². The van der Waals surface area contributed by atoms with E-state index in [0.717, 1.165) is 35.1 Å². The standard InChI is InChI=1S/C16H20N2O2/c1-9-3-2-4-10-7-14(20-16(9)10)15(18-17)12-8-11-5-6-13(12)19-11/h2-4,7,11-13,15,18H,5-6,8,17H2,1H3. The van der Waals surface area contributed by atoms with Crippen molar-refractivity contribution in [3.8, 4) is 0 Å². The number of nitrogens with one attached hydrogen (secondary N) is 1. The van der Waals surface area contributed by atoms with Crippen molar-refractivity contribution in [2.75, 3.05) is 0 Å². The van der Waals surface area contributed by atoms with Crippen LogP contribution >= 0.6 is 0 Å². The van der Waals surface area contributed by atoms with E-state index in [9.17, 15) is 0 Å². The summed E-state index contributed by atoms with van der Waals surface area (Å²) in [6.07, 6.45) is 4.17. The average molecular weight is 272 g/mol. The van der Waals surface area contributed by atoms with Crippen LogP contribution in [0.3, 0.4) is 0 Å². The number of aryl methyl sites for hydroxylation is 1. The van der Waals surface area contributed by atoms with Crippen molar-refractivity contribution in [1.82, 2.24) is 5.43 Å². The first kappa shape index (κ1) is 12.4. The first-order valence-electron chi connectivity index (χ1n) is 7.37. The number of ether oxygens (including phenoxy) is 1. The van der Waals surface area contributed by atoms with E-state index in [1.807, 2.05) is 0 Å². The number of hydrogen-bond donors (Lipinski definition) is 2. The monoisotopic (exact) mass is 272 g/mol. The molecule has 2 saturated heterocycles. The maximum absolute atomic E-state index is 6.07. The minimum Gasteiger partial charge on any atom is -0.459 e. The molecule has 0 amide bonds. The van der Waals surface area contributed by atoms with Gasteiger partial charge in [0, 0.05) is 11.3 Å². The molecule has 1 aromatic heterocycles. The third kappa shape index (κ3) is 1.79. The van der Waals surface area contributed by atoms with Gasteiger partial charge in [0.2, 0.25) is 0 Å². The van der Waals surface area contributed by atoms with Gasteiger partial charge in [0.1, 0.15) is 11.3 Å². The van der Waals surface area contributed by atoms with E-state index in [-0.39, 0.29) is 6.04 Å². The van der Waals surface area contributed by atoms with Crippen LogP contribution in [0.1, 0.15) is 36.6 Å². The lowest BCUT2D eigenvalue weighted by Gasteiger charge is -2.26. The van der Waals surface area contributed by atoms with Crippen molar-refractivity contribution in [1.29, 1.82) is 0 Å². The Balaban J connectivity index is 1.71. The zero-order chi connectivity index (χ0) is 13.7. The Morgan fingerprint density at radius 1 is 1.35 bits per heavy atom. The van der Waals surface area contributed by atoms with Gasteiger partial charge in [-0.25, -0.2) is 5.43 Å². The predicted molar refractivity (Wildman–Crippen MR) is 77.0 cm³/mol. The first-order valence-corrected chi connectivity index (χ1v) is 7.37. The summed E-state index contributed by atoms with van der Waals surface area (Å²) >= 11 is 0. The number of benzene rings is 1. The lowest BCUT2D eigenvalue weighted by atomic mass is 9.83. The van der Waals surface area contributed by atoms with Crippen LogP contribution in [-0.2, 0) is 4.74 Å². The highest BCUT2D eigenvalue weighted by Crippen LogP contribution is 2.45. The van der Waals surface area contributed by atoms with Gasteiger partial charge in [0.25, 0.3) is 0 Å². The van der Waals surface area contributed by atoms with Gasteiger partial charge in [-0.1, -0.05) is 18.2 Å². The van der Waals surface area contributed by atoms with Crippen LogP contribution in [0.15, 0.2) is 28.7 Å². The Bertz CT molecular complexity index is 636. The molecule has 2 bridgehead atoms. The number of furan rings is 1. The third-order valence-corrected chi connectivity index (χ3v) is 4.83. The van der Waals surface area contributed by atoms with Gasteiger partial charge in [-0.3, -0.25) is 5.84 Å². The van der Waals surface area contributed by atoms with Crippen molar-refractivity contribution < 1.29 is 9.15 Å². The molecule has 0 spiro atoms. The fourth-order valence-electron chi connectivity index (χ4n) is 3.83. The summed E-state index contributed by atoms with van der Waals surface area (Å²) in [6.45, 7) is 2.07. The van der Waals surface area contributed by atoms with Gasteiger partial charge < -0.3 is 9.15 Å². The number of para-hydroxylation sites is 1. The molecule has 3 heterocycles. The molecule has 0 radical (unpaired) electrons. The second-order valence-electron chi connectivity index (χ2n) is 6.06. The van der Waals surface area contributed by atoms with Crippen LogP contribution in [0.2, 0.25) is 0 Å². The molecule has 2 aromatic rings. The lowest BCUT2D eigenvalue weighted by molar-refractivity contribution is 0.0838. The Morgan fingerprint density at radius 2 is 2.25 bits per heavy atom. The van der Waals surface area contributed by atoms with Gasteiger partial charge in [-0.2, -0.15) is 0 Å². The summed E-state index contributed by atoms with van der Waals surface area (Å²) in [4.78, 5) is 0. The topological polar surface area (TPSA) is 60.4 Å². The highest BCUT2D eigenvalue weighted by atomic mass is 16.5. The molecular weight excluding hydrogens is 252 g/mol. The molecule has 0 aliphatic carbocycles. The second kappa shape index (κ2) is 4.58. The minimum absolute atomic E-state index is 0.0390. The van der Waals surface area contributed by atoms with E-state index in [1.165, 1.54) is 6.42 Å². The molecule has 2 aliphatic heterocycles.